The third kappa shape index (κ3) is 8.84. The van der Waals surface area contributed by atoms with E-state index in [1.165, 1.54) is 30.4 Å². The van der Waals surface area contributed by atoms with Gasteiger partial charge in [-0.25, -0.2) is 4.79 Å². The minimum atomic E-state index is -0.871. The molecular weight excluding hydrogens is 578 g/mol. The quantitative estimate of drug-likeness (QED) is 0.287. The molecule has 2 fully saturated rings. The highest BCUT2D eigenvalue weighted by Gasteiger charge is 2.52. The van der Waals surface area contributed by atoms with E-state index in [9.17, 15) is 14.4 Å². The standard InChI is InChI=1S/C38H61N3O5/c1-10-26(4)33(35(43)40-21-20-28-18-14-15-19-29(28)24-40)39-34(42)30(25(2)3)23-32-31(22-27-16-12-11-13-17-27)41(38(8,9)45-32)36(44)46-37(5,6)7/h14-15,18-19,25-27,30-33H,10-13,16-17,20-24H2,1-9H3,(H,39,42)/t26-,30-,31-,32-,33-/m0/s1. The highest BCUT2D eigenvalue weighted by atomic mass is 16.6. The molecule has 2 aliphatic heterocycles. The molecule has 0 radical (unpaired) electrons. The van der Waals surface area contributed by atoms with Crippen LogP contribution in [0.5, 0.6) is 0 Å². The first-order valence-corrected chi connectivity index (χ1v) is 18.0. The molecule has 0 aromatic heterocycles. The SMILES string of the molecule is CC[C@H](C)[C@H](NC(=O)[C@@H](C[C@@H]1OC(C)(C)N(C(=O)OC(C)(C)C)[C@H]1CC1CCCCC1)C(C)C)C(=O)N1CCc2ccccc2C1. The molecule has 8 heteroatoms. The number of hydrogen-bond acceptors (Lipinski definition) is 5. The maximum atomic E-state index is 14.2. The minimum absolute atomic E-state index is 0.00944. The summed E-state index contributed by atoms with van der Waals surface area (Å²) >= 11 is 0. The summed E-state index contributed by atoms with van der Waals surface area (Å²) < 4.78 is 12.6. The first kappa shape index (κ1) is 36.2. The number of carbonyl (C=O) groups is 3. The van der Waals surface area contributed by atoms with Crippen LogP contribution in [0.25, 0.3) is 0 Å². The first-order chi connectivity index (χ1) is 21.6. The van der Waals surface area contributed by atoms with E-state index in [1.54, 1.807) is 0 Å². The lowest BCUT2D eigenvalue weighted by Crippen LogP contribution is -2.54. The van der Waals surface area contributed by atoms with Gasteiger partial charge in [0, 0.05) is 19.0 Å². The monoisotopic (exact) mass is 639 g/mol. The molecule has 0 bridgehead atoms. The van der Waals surface area contributed by atoms with E-state index in [0.717, 1.165) is 32.1 Å². The molecule has 1 N–H and O–H groups in total. The third-order valence-corrected chi connectivity index (χ3v) is 10.5. The van der Waals surface area contributed by atoms with Crippen LogP contribution in [0.15, 0.2) is 24.3 Å². The van der Waals surface area contributed by atoms with Crippen LogP contribution in [0.3, 0.4) is 0 Å². The smallest absolute Gasteiger partial charge is 0.412 e. The Morgan fingerprint density at radius 3 is 2.30 bits per heavy atom. The summed E-state index contributed by atoms with van der Waals surface area (Å²) in [6.07, 6.45) is 8.22. The molecule has 3 aliphatic rings. The number of ether oxygens (including phenoxy) is 2. The van der Waals surface area contributed by atoms with E-state index in [4.69, 9.17) is 9.47 Å². The fraction of sp³-hybridized carbons (Fsp3) is 0.763. The predicted molar refractivity (Wildman–Crippen MR) is 182 cm³/mol. The Hall–Kier alpha value is -2.61. The van der Waals surface area contributed by atoms with Crippen LogP contribution in [0, 0.1) is 23.7 Å². The average Bonchev–Trinajstić information content (AvgIpc) is 3.25. The second kappa shape index (κ2) is 15.1. The summed E-state index contributed by atoms with van der Waals surface area (Å²) in [5.74, 6) is 0.0209. The number of carbonyl (C=O) groups excluding carboxylic acids is 3. The minimum Gasteiger partial charge on any atom is -0.444 e. The lowest BCUT2D eigenvalue weighted by atomic mass is 9.81. The van der Waals surface area contributed by atoms with Crippen LogP contribution in [0.1, 0.15) is 125 Å². The van der Waals surface area contributed by atoms with Gasteiger partial charge in [-0.3, -0.25) is 14.5 Å². The lowest BCUT2D eigenvalue weighted by molar-refractivity contribution is -0.140. The van der Waals surface area contributed by atoms with E-state index >= 15 is 0 Å². The zero-order valence-corrected chi connectivity index (χ0v) is 30.1. The first-order valence-electron chi connectivity index (χ1n) is 18.0. The average molecular weight is 640 g/mol. The van der Waals surface area contributed by atoms with Crippen molar-refractivity contribution in [2.24, 2.45) is 23.7 Å². The van der Waals surface area contributed by atoms with Crippen molar-refractivity contribution in [1.29, 1.82) is 0 Å². The van der Waals surface area contributed by atoms with Gasteiger partial charge >= 0.3 is 6.09 Å². The predicted octanol–water partition coefficient (Wildman–Crippen LogP) is 7.48. The number of benzene rings is 1. The van der Waals surface area contributed by atoms with Crippen LogP contribution in [-0.2, 0) is 32.0 Å². The lowest BCUT2D eigenvalue weighted by Gasteiger charge is -2.37. The van der Waals surface area contributed by atoms with Gasteiger partial charge < -0.3 is 19.7 Å². The molecule has 5 atom stereocenters. The van der Waals surface area contributed by atoms with Gasteiger partial charge in [-0.2, -0.15) is 0 Å². The van der Waals surface area contributed by atoms with E-state index in [0.29, 0.717) is 25.4 Å². The van der Waals surface area contributed by atoms with Crippen LogP contribution in [-0.4, -0.2) is 63.8 Å². The number of nitrogens with one attached hydrogen (secondary N) is 1. The van der Waals surface area contributed by atoms with Crippen LogP contribution >= 0.6 is 0 Å². The molecule has 1 aromatic rings. The number of rotatable bonds is 10. The zero-order chi connectivity index (χ0) is 33.8. The zero-order valence-electron chi connectivity index (χ0n) is 30.1. The van der Waals surface area contributed by atoms with Gasteiger partial charge in [-0.1, -0.05) is 90.5 Å². The summed E-state index contributed by atoms with van der Waals surface area (Å²) in [5, 5.41) is 3.24. The van der Waals surface area contributed by atoms with Crippen molar-refractivity contribution >= 4 is 17.9 Å². The molecule has 1 aliphatic carbocycles. The van der Waals surface area contributed by atoms with Gasteiger partial charge in [-0.05, 0) is 82.8 Å². The summed E-state index contributed by atoms with van der Waals surface area (Å²) in [6, 6.07) is 7.51. The van der Waals surface area contributed by atoms with Crippen LogP contribution in [0.4, 0.5) is 4.79 Å². The molecule has 46 heavy (non-hydrogen) atoms. The molecule has 4 rings (SSSR count). The van der Waals surface area contributed by atoms with Gasteiger partial charge in [0.15, 0.2) is 0 Å². The molecule has 258 valence electrons. The highest BCUT2D eigenvalue weighted by molar-refractivity contribution is 5.89. The number of hydrogen-bond donors (Lipinski definition) is 1. The normalized spacial score (nSPS) is 23.9. The van der Waals surface area contributed by atoms with Gasteiger partial charge in [0.2, 0.25) is 11.8 Å². The fourth-order valence-electron chi connectivity index (χ4n) is 7.72. The van der Waals surface area contributed by atoms with Crippen molar-refractivity contribution in [3.05, 3.63) is 35.4 Å². The summed E-state index contributed by atoms with van der Waals surface area (Å²) in [7, 11) is 0. The Morgan fingerprint density at radius 2 is 1.70 bits per heavy atom. The molecule has 1 saturated carbocycles. The maximum absolute atomic E-state index is 14.2. The van der Waals surface area contributed by atoms with Gasteiger partial charge in [0.05, 0.1) is 12.1 Å². The second-order valence-corrected chi connectivity index (χ2v) is 16.0. The molecule has 2 heterocycles. The topological polar surface area (TPSA) is 88.2 Å². The van der Waals surface area contributed by atoms with Crippen LogP contribution in [0.2, 0.25) is 0 Å². The Morgan fingerprint density at radius 1 is 1.04 bits per heavy atom. The maximum Gasteiger partial charge on any atom is 0.412 e. The van der Waals surface area contributed by atoms with E-state index < -0.39 is 17.4 Å². The van der Waals surface area contributed by atoms with Crippen LogP contribution < -0.4 is 5.32 Å². The van der Waals surface area contributed by atoms with Crippen molar-refractivity contribution in [3.8, 4) is 0 Å². The summed E-state index contributed by atoms with van der Waals surface area (Å²) in [5.41, 5.74) is 0.966. The van der Waals surface area contributed by atoms with Gasteiger partial charge in [-0.15, -0.1) is 0 Å². The Bertz CT molecular complexity index is 1200. The number of fused-ring (bicyclic) bond motifs is 1. The van der Waals surface area contributed by atoms with Crippen molar-refractivity contribution in [2.45, 2.75) is 156 Å². The van der Waals surface area contributed by atoms with Gasteiger partial charge in [0.25, 0.3) is 0 Å². The van der Waals surface area contributed by atoms with Crippen molar-refractivity contribution in [1.82, 2.24) is 15.1 Å². The van der Waals surface area contributed by atoms with Gasteiger partial charge in [0.1, 0.15) is 17.4 Å². The number of amides is 3. The highest BCUT2D eigenvalue weighted by Crippen LogP contribution is 2.42. The molecule has 1 saturated heterocycles. The van der Waals surface area contributed by atoms with E-state index in [-0.39, 0.29) is 47.8 Å². The van der Waals surface area contributed by atoms with Crippen molar-refractivity contribution in [2.75, 3.05) is 6.54 Å². The molecule has 0 unspecified atom stereocenters. The largest absolute Gasteiger partial charge is 0.444 e. The Balaban J connectivity index is 1.55. The third-order valence-electron chi connectivity index (χ3n) is 10.5. The Labute approximate surface area is 278 Å². The molecule has 0 spiro atoms. The molecular formula is C38H61N3O5. The number of nitrogens with zero attached hydrogens (tertiary/aromatic N) is 2. The molecule has 8 nitrogen and oxygen atoms in total. The summed E-state index contributed by atoms with van der Waals surface area (Å²) in [6.45, 7) is 19.0. The molecule has 1 aromatic carbocycles. The second-order valence-electron chi connectivity index (χ2n) is 16.0. The summed E-state index contributed by atoms with van der Waals surface area (Å²) in [4.78, 5) is 45.6. The van der Waals surface area contributed by atoms with Crippen molar-refractivity contribution in [3.63, 3.8) is 0 Å². The van der Waals surface area contributed by atoms with E-state index in [1.807, 2.05) is 63.5 Å². The molecule has 3 amide bonds. The fourth-order valence-corrected chi connectivity index (χ4v) is 7.72. The van der Waals surface area contributed by atoms with E-state index in [2.05, 4.69) is 38.2 Å². The Kier molecular flexibility index (Phi) is 11.9. The van der Waals surface area contributed by atoms with Crippen molar-refractivity contribution < 1.29 is 23.9 Å².